The zero-order chi connectivity index (χ0) is 15.2. The van der Waals surface area contributed by atoms with Crippen LogP contribution >= 0.6 is 0 Å². The Kier molecular flexibility index (Phi) is 5.50. The van der Waals surface area contributed by atoms with Crippen LogP contribution in [0.25, 0.3) is 0 Å². The number of carbonyl (C=O) groups is 1. The number of hydrogen-bond acceptors (Lipinski definition) is 3. The lowest BCUT2D eigenvalue weighted by atomic mass is 10.0. The maximum Gasteiger partial charge on any atom is 0.251 e. The van der Waals surface area contributed by atoms with E-state index in [2.05, 4.69) is 10.6 Å². The molecule has 0 spiro atoms. The summed E-state index contributed by atoms with van der Waals surface area (Å²) in [7, 11) is 0. The molecule has 1 amide bonds. The zero-order valence-corrected chi connectivity index (χ0v) is 12.0. The molecule has 1 aromatic rings. The van der Waals surface area contributed by atoms with Crippen molar-refractivity contribution in [3.05, 3.63) is 29.3 Å². The second kappa shape index (κ2) is 7.36. The first-order valence-electron chi connectivity index (χ1n) is 7.20. The molecule has 0 atom stereocenters. The molecule has 0 saturated carbocycles. The van der Waals surface area contributed by atoms with Crippen molar-refractivity contribution in [2.75, 3.05) is 31.6 Å². The number of nitrogens with one attached hydrogen (secondary N) is 2. The van der Waals surface area contributed by atoms with Crippen LogP contribution in [0.15, 0.2) is 12.1 Å². The van der Waals surface area contributed by atoms with E-state index in [0.717, 1.165) is 25.0 Å². The van der Waals surface area contributed by atoms with Gasteiger partial charge in [0, 0.05) is 31.9 Å². The Labute approximate surface area is 122 Å². The minimum absolute atomic E-state index is 0.00119. The molecular weight excluding hydrogens is 278 g/mol. The topological polar surface area (TPSA) is 50.4 Å². The number of halogens is 2. The van der Waals surface area contributed by atoms with Crippen molar-refractivity contribution >= 4 is 11.6 Å². The molecule has 0 aromatic heterocycles. The molecule has 2 N–H and O–H groups in total. The highest BCUT2D eigenvalue weighted by Gasteiger charge is 2.17. The lowest BCUT2D eigenvalue weighted by molar-refractivity contribution is 0.0642. The van der Waals surface area contributed by atoms with Gasteiger partial charge in [0.15, 0.2) is 0 Å². The molecule has 0 unspecified atom stereocenters. The Morgan fingerprint density at radius 3 is 2.48 bits per heavy atom. The molecule has 1 aromatic carbocycles. The average molecular weight is 298 g/mol. The highest BCUT2D eigenvalue weighted by atomic mass is 19.1. The van der Waals surface area contributed by atoms with E-state index in [0.29, 0.717) is 32.2 Å². The number of ether oxygens (including phenoxy) is 1. The van der Waals surface area contributed by atoms with Crippen molar-refractivity contribution in [2.45, 2.75) is 19.8 Å². The summed E-state index contributed by atoms with van der Waals surface area (Å²) in [5, 5.41) is 5.32. The predicted molar refractivity (Wildman–Crippen MR) is 76.4 cm³/mol. The first-order chi connectivity index (χ1) is 10.1. The van der Waals surface area contributed by atoms with Gasteiger partial charge in [0.05, 0.1) is 0 Å². The van der Waals surface area contributed by atoms with Crippen molar-refractivity contribution in [3.8, 4) is 0 Å². The van der Waals surface area contributed by atoms with Crippen LogP contribution in [0, 0.1) is 17.6 Å². The first kappa shape index (κ1) is 15.7. The first-order valence-corrected chi connectivity index (χ1v) is 7.20. The van der Waals surface area contributed by atoms with Gasteiger partial charge in [0.2, 0.25) is 0 Å². The van der Waals surface area contributed by atoms with E-state index in [4.69, 9.17) is 4.74 Å². The second-order valence-electron chi connectivity index (χ2n) is 5.11. The number of hydrogen-bond donors (Lipinski definition) is 2. The van der Waals surface area contributed by atoms with Crippen LogP contribution in [0.5, 0.6) is 0 Å². The summed E-state index contributed by atoms with van der Waals surface area (Å²) < 4.78 is 32.7. The molecule has 0 aliphatic carbocycles. The SMILES string of the molecule is CCNc1c(F)cc(C(=O)NCC2CCOCC2)cc1F. The molecular formula is C15H20F2N2O2. The third kappa shape index (κ3) is 4.14. The van der Waals surface area contributed by atoms with Gasteiger partial charge >= 0.3 is 0 Å². The van der Waals surface area contributed by atoms with Gasteiger partial charge in [-0.3, -0.25) is 4.79 Å². The number of carbonyl (C=O) groups excluding carboxylic acids is 1. The van der Waals surface area contributed by atoms with Crippen LogP contribution in [-0.4, -0.2) is 32.2 Å². The number of anilines is 1. The monoisotopic (exact) mass is 298 g/mol. The third-order valence-electron chi connectivity index (χ3n) is 3.55. The van der Waals surface area contributed by atoms with Crippen LogP contribution < -0.4 is 10.6 Å². The van der Waals surface area contributed by atoms with Crippen molar-refractivity contribution < 1.29 is 18.3 Å². The quantitative estimate of drug-likeness (QED) is 0.878. The summed E-state index contributed by atoms with van der Waals surface area (Å²) in [5.74, 6) is -1.61. The van der Waals surface area contributed by atoms with Gasteiger partial charge < -0.3 is 15.4 Å². The van der Waals surface area contributed by atoms with Gasteiger partial charge in [-0.25, -0.2) is 8.78 Å². The third-order valence-corrected chi connectivity index (χ3v) is 3.55. The highest BCUT2D eigenvalue weighted by molar-refractivity contribution is 5.94. The molecule has 0 radical (unpaired) electrons. The van der Waals surface area contributed by atoms with Gasteiger partial charge in [-0.1, -0.05) is 0 Å². The number of rotatable bonds is 5. The summed E-state index contributed by atoms with van der Waals surface area (Å²) in [4.78, 5) is 12.0. The molecule has 1 aliphatic heterocycles. The van der Waals surface area contributed by atoms with Crippen LogP contribution in [-0.2, 0) is 4.74 Å². The van der Waals surface area contributed by atoms with E-state index < -0.39 is 17.5 Å². The Hall–Kier alpha value is -1.69. The molecule has 0 bridgehead atoms. The molecule has 1 fully saturated rings. The maximum absolute atomic E-state index is 13.8. The minimum Gasteiger partial charge on any atom is -0.381 e. The van der Waals surface area contributed by atoms with Crippen LogP contribution in [0.3, 0.4) is 0 Å². The van der Waals surface area contributed by atoms with Crippen LogP contribution in [0.2, 0.25) is 0 Å². The van der Waals surface area contributed by atoms with Crippen LogP contribution in [0.1, 0.15) is 30.1 Å². The van der Waals surface area contributed by atoms with Gasteiger partial charge in [-0.15, -0.1) is 0 Å². The van der Waals surface area contributed by atoms with E-state index in [1.807, 2.05) is 0 Å². The van der Waals surface area contributed by atoms with Gasteiger partial charge in [-0.2, -0.15) is 0 Å². The van der Waals surface area contributed by atoms with E-state index in [9.17, 15) is 13.6 Å². The van der Waals surface area contributed by atoms with E-state index >= 15 is 0 Å². The van der Waals surface area contributed by atoms with Crippen molar-refractivity contribution in [1.82, 2.24) is 5.32 Å². The van der Waals surface area contributed by atoms with Gasteiger partial charge in [0.25, 0.3) is 5.91 Å². The highest BCUT2D eigenvalue weighted by Crippen LogP contribution is 2.21. The molecule has 1 saturated heterocycles. The molecule has 116 valence electrons. The Morgan fingerprint density at radius 1 is 1.29 bits per heavy atom. The molecule has 6 heteroatoms. The Morgan fingerprint density at radius 2 is 1.90 bits per heavy atom. The normalized spacial score (nSPS) is 15.8. The molecule has 2 rings (SSSR count). The summed E-state index contributed by atoms with van der Waals surface area (Å²) in [5.41, 5.74) is -0.197. The fourth-order valence-corrected chi connectivity index (χ4v) is 2.34. The molecule has 1 heterocycles. The smallest absolute Gasteiger partial charge is 0.251 e. The van der Waals surface area contributed by atoms with Crippen molar-refractivity contribution in [2.24, 2.45) is 5.92 Å². The largest absolute Gasteiger partial charge is 0.381 e. The summed E-state index contributed by atoms with van der Waals surface area (Å²) in [6, 6.07) is 2.11. The van der Waals surface area contributed by atoms with Crippen LogP contribution in [0.4, 0.5) is 14.5 Å². The summed E-state index contributed by atoms with van der Waals surface area (Å²) in [6.45, 7) is 4.04. The second-order valence-corrected chi connectivity index (χ2v) is 5.11. The van der Waals surface area contributed by atoms with Gasteiger partial charge in [0.1, 0.15) is 17.3 Å². The zero-order valence-electron chi connectivity index (χ0n) is 12.0. The number of amides is 1. The Bertz CT molecular complexity index is 479. The summed E-state index contributed by atoms with van der Waals surface area (Å²) in [6.07, 6.45) is 1.78. The molecule has 21 heavy (non-hydrogen) atoms. The Balaban J connectivity index is 1.98. The average Bonchev–Trinajstić information content (AvgIpc) is 2.49. The van der Waals surface area contributed by atoms with E-state index in [1.165, 1.54) is 0 Å². The number of benzene rings is 1. The fraction of sp³-hybridized carbons (Fsp3) is 0.533. The minimum atomic E-state index is -0.756. The molecule has 1 aliphatic rings. The predicted octanol–water partition coefficient (Wildman–Crippen LogP) is 2.55. The lowest BCUT2D eigenvalue weighted by Crippen LogP contribution is -2.32. The fourth-order valence-electron chi connectivity index (χ4n) is 2.34. The maximum atomic E-state index is 13.8. The van der Waals surface area contributed by atoms with E-state index in [-0.39, 0.29) is 11.3 Å². The summed E-state index contributed by atoms with van der Waals surface area (Å²) >= 11 is 0. The van der Waals surface area contributed by atoms with Gasteiger partial charge in [-0.05, 0) is 37.8 Å². The lowest BCUT2D eigenvalue weighted by Gasteiger charge is -2.22. The van der Waals surface area contributed by atoms with Crippen molar-refractivity contribution in [3.63, 3.8) is 0 Å². The van der Waals surface area contributed by atoms with E-state index in [1.54, 1.807) is 6.92 Å². The molecule has 4 nitrogen and oxygen atoms in total. The standard InChI is InChI=1S/C15H20F2N2O2/c1-2-18-14-12(16)7-11(8-13(14)17)15(20)19-9-10-3-5-21-6-4-10/h7-8,10,18H,2-6,9H2,1H3,(H,19,20). The van der Waals surface area contributed by atoms with Crippen molar-refractivity contribution in [1.29, 1.82) is 0 Å².